The lowest BCUT2D eigenvalue weighted by atomic mass is 9.64. The zero-order chi connectivity index (χ0) is 35.2. The molecule has 0 heterocycles. The van der Waals surface area contributed by atoms with E-state index in [0.29, 0.717) is 6.61 Å². The second-order valence-corrected chi connectivity index (χ2v) is 11.2. The fraction of sp³-hybridized carbons (Fsp3) is 0.452. The Labute approximate surface area is 283 Å². The second-order valence-electron chi connectivity index (χ2n) is 11.2. The van der Waals surface area contributed by atoms with Crippen LogP contribution in [0.4, 0.5) is 0 Å². The van der Waals surface area contributed by atoms with Crippen molar-refractivity contribution in [3.8, 4) is 5.75 Å². The van der Waals surface area contributed by atoms with Crippen molar-refractivity contribution < 1.29 is 9.47 Å². The third kappa shape index (κ3) is 21.2. The number of nitrogens with two attached hydrogens (primary N) is 1. The summed E-state index contributed by atoms with van der Waals surface area (Å²) in [7, 11) is 1.68. The Balaban J connectivity index is 0. The number of hydrogen-bond acceptors (Lipinski definition) is 3. The van der Waals surface area contributed by atoms with Crippen LogP contribution in [-0.2, 0) is 10.2 Å². The van der Waals surface area contributed by atoms with Gasteiger partial charge in [-0.15, -0.1) is 0 Å². The maximum Gasteiger partial charge on any atom is 0.119 e. The fourth-order valence-corrected chi connectivity index (χ4v) is 4.78. The van der Waals surface area contributed by atoms with Crippen molar-refractivity contribution in [3.63, 3.8) is 0 Å². The van der Waals surface area contributed by atoms with E-state index in [9.17, 15) is 0 Å². The van der Waals surface area contributed by atoms with Crippen LogP contribution in [0.2, 0.25) is 0 Å². The number of ether oxygens (including phenoxy) is 2. The molecule has 1 saturated carbocycles. The molecule has 0 aromatic heterocycles. The average molecular weight is 631 g/mol. The molecule has 0 unspecified atom stereocenters. The molecule has 0 saturated heterocycles. The van der Waals surface area contributed by atoms with Gasteiger partial charge in [-0.25, -0.2) is 0 Å². The molecule has 0 spiro atoms. The van der Waals surface area contributed by atoms with Crippen molar-refractivity contribution in [1.82, 2.24) is 0 Å². The fourth-order valence-electron chi connectivity index (χ4n) is 4.78. The van der Waals surface area contributed by atoms with Crippen molar-refractivity contribution in [2.75, 3.05) is 20.3 Å². The van der Waals surface area contributed by atoms with Crippen LogP contribution in [0.15, 0.2) is 120 Å². The number of rotatable bonds is 9. The Morgan fingerprint density at radius 1 is 0.978 bits per heavy atom. The molecule has 0 radical (unpaired) electrons. The molecule has 1 aromatic rings. The third-order valence-electron chi connectivity index (χ3n) is 6.89. The number of nitrogens with one attached hydrogen (secondary N) is 1. The predicted octanol–water partition coefficient (Wildman–Crippen LogP) is 11.9. The van der Waals surface area contributed by atoms with Crippen LogP contribution < -0.4 is 10.5 Å². The first kappa shape index (κ1) is 44.5. The van der Waals surface area contributed by atoms with E-state index < -0.39 is 0 Å². The summed E-state index contributed by atoms with van der Waals surface area (Å²) in [5, 5.41) is 6.28. The van der Waals surface area contributed by atoms with Gasteiger partial charge in [0, 0.05) is 19.1 Å². The van der Waals surface area contributed by atoms with E-state index in [1.54, 1.807) is 7.11 Å². The molecule has 256 valence electrons. The van der Waals surface area contributed by atoms with Gasteiger partial charge in [0.1, 0.15) is 12.4 Å². The molecule has 1 aromatic carbocycles. The lowest BCUT2D eigenvalue weighted by molar-refractivity contribution is 0.215. The highest BCUT2D eigenvalue weighted by Crippen LogP contribution is 2.46. The van der Waals surface area contributed by atoms with Crippen molar-refractivity contribution in [2.45, 2.75) is 106 Å². The first-order valence-corrected chi connectivity index (χ1v) is 16.9. The van der Waals surface area contributed by atoms with Crippen LogP contribution in [0.1, 0.15) is 106 Å². The van der Waals surface area contributed by atoms with Gasteiger partial charge in [-0.1, -0.05) is 130 Å². The Kier molecular flexibility index (Phi) is 27.9. The number of allylic oxidation sites excluding steroid dienone is 13. The molecule has 3 N–H and O–H groups in total. The second kappa shape index (κ2) is 28.8. The molecule has 0 bridgehead atoms. The highest BCUT2D eigenvalue weighted by Gasteiger charge is 2.36. The predicted molar refractivity (Wildman–Crippen MR) is 206 cm³/mol. The molecule has 0 amide bonds. The summed E-state index contributed by atoms with van der Waals surface area (Å²) in [6.45, 7) is 22.9. The minimum Gasteiger partial charge on any atom is -0.489 e. The van der Waals surface area contributed by atoms with Crippen LogP contribution in [0.3, 0.4) is 0 Å². The zero-order valence-electron chi connectivity index (χ0n) is 30.9. The molecule has 46 heavy (non-hydrogen) atoms. The van der Waals surface area contributed by atoms with Gasteiger partial charge in [0.05, 0.1) is 5.84 Å². The average Bonchev–Trinajstić information content (AvgIpc) is 3.35. The molecular formula is C42H66N2O2. The first-order valence-electron chi connectivity index (χ1n) is 16.9. The van der Waals surface area contributed by atoms with Gasteiger partial charge in [-0.05, 0) is 96.6 Å². The molecule has 2 aliphatic carbocycles. The summed E-state index contributed by atoms with van der Waals surface area (Å²) in [6, 6.07) is 8.90. The van der Waals surface area contributed by atoms with Crippen LogP contribution in [0, 0.1) is 5.41 Å². The third-order valence-corrected chi connectivity index (χ3v) is 6.89. The van der Waals surface area contributed by atoms with E-state index in [-0.39, 0.29) is 11.3 Å². The minimum atomic E-state index is 0.163. The van der Waals surface area contributed by atoms with Gasteiger partial charge in [-0.3, -0.25) is 5.41 Å². The van der Waals surface area contributed by atoms with Gasteiger partial charge in [0.15, 0.2) is 0 Å². The molecular weight excluding hydrogens is 564 g/mol. The first-order chi connectivity index (χ1) is 22.1. The molecule has 0 atom stereocenters. The van der Waals surface area contributed by atoms with E-state index in [1.165, 1.54) is 61.3 Å². The molecule has 4 heteroatoms. The highest BCUT2D eigenvalue weighted by molar-refractivity contribution is 5.73. The van der Waals surface area contributed by atoms with Crippen LogP contribution in [-0.4, -0.2) is 26.2 Å². The Morgan fingerprint density at radius 3 is 2.04 bits per heavy atom. The topological polar surface area (TPSA) is 68.3 Å². The summed E-state index contributed by atoms with van der Waals surface area (Å²) >= 11 is 0. The summed E-state index contributed by atoms with van der Waals surface area (Å²) in [5.74, 6) is 1.11. The van der Waals surface area contributed by atoms with E-state index in [2.05, 4.69) is 98.9 Å². The zero-order valence-corrected chi connectivity index (χ0v) is 30.9. The van der Waals surface area contributed by atoms with Crippen molar-refractivity contribution in [3.05, 3.63) is 126 Å². The Bertz CT molecular complexity index is 1160. The smallest absolute Gasteiger partial charge is 0.119 e. The van der Waals surface area contributed by atoms with Crippen LogP contribution in [0.25, 0.3) is 0 Å². The molecule has 3 rings (SSSR count). The standard InChI is InChI=1S/C27H34O.C8H12.C3H8O.C2H6N2.C2H6/c1-4-23(20-22(2)3)21-28-26-16-14-25(15-17-26)27(18-10-7-11-19-27)24-12-8-5-6-9-13-24;1-4-5-6-7-8(2)3;1-3-4-2;1-2(3)4;1-2/h4-6,8,12-17,20H,7,9-11,18-19,21H2,1-3H3;4-7H,2H2,1,3H3;3H2,1-2H3;1H3,(H3,3,4);1-2H3/b23-4+;5-4-,7-6-;;;. The SMILES string of the molecule is C/C=C(\C=C(C)C)COc1ccc(C2(C3=CCC=CC=C3)CCCCC2)cc1.C=C(C)/C=C\C=C/C.CC.CC(=N)N.CCOC. The largest absolute Gasteiger partial charge is 0.489 e. The summed E-state index contributed by atoms with van der Waals surface area (Å²) < 4.78 is 10.6. The lowest BCUT2D eigenvalue weighted by Crippen LogP contribution is -2.30. The quantitative estimate of drug-likeness (QED) is 0.162. The monoisotopic (exact) mass is 631 g/mol. The number of benzene rings is 1. The number of methoxy groups -OCH3 is 1. The van der Waals surface area contributed by atoms with E-state index in [1.807, 2.05) is 58.9 Å². The van der Waals surface area contributed by atoms with E-state index in [0.717, 1.165) is 24.4 Å². The van der Waals surface area contributed by atoms with Crippen molar-refractivity contribution >= 4 is 5.84 Å². The summed E-state index contributed by atoms with van der Waals surface area (Å²) in [4.78, 5) is 0. The van der Waals surface area contributed by atoms with Gasteiger partial charge < -0.3 is 15.2 Å². The molecule has 1 fully saturated rings. The van der Waals surface area contributed by atoms with Gasteiger partial charge in [0.2, 0.25) is 0 Å². The highest BCUT2D eigenvalue weighted by atomic mass is 16.5. The summed E-state index contributed by atoms with van der Waals surface area (Å²) in [5.41, 5.74) is 11.4. The minimum absolute atomic E-state index is 0.163. The van der Waals surface area contributed by atoms with Gasteiger partial charge in [-0.2, -0.15) is 0 Å². The maximum atomic E-state index is 6.28. The van der Waals surface area contributed by atoms with Crippen LogP contribution in [0.5, 0.6) is 5.75 Å². The van der Waals surface area contributed by atoms with Crippen molar-refractivity contribution in [1.29, 1.82) is 5.41 Å². The Morgan fingerprint density at radius 2 is 1.57 bits per heavy atom. The molecule has 4 nitrogen and oxygen atoms in total. The maximum absolute atomic E-state index is 6.28. The van der Waals surface area contributed by atoms with Crippen molar-refractivity contribution in [2.24, 2.45) is 5.73 Å². The van der Waals surface area contributed by atoms with Crippen LogP contribution >= 0.6 is 0 Å². The van der Waals surface area contributed by atoms with E-state index >= 15 is 0 Å². The normalized spacial score (nSPS) is 14.8. The van der Waals surface area contributed by atoms with Gasteiger partial charge in [0.25, 0.3) is 0 Å². The van der Waals surface area contributed by atoms with E-state index in [4.69, 9.17) is 15.9 Å². The Hall–Kier alpha value is -3.63. The lowest BCUT2D eigenvalue weighted by Gasteiger charge is -2.39. The molecule has 0 aliphatic heterocycles. The summed E-state index contributed by atoms with van der Waals surface area (Å²) in [6.07, 6.45) is 31.1. The molecule has 2 aliphatic rings. The number of amidine groups is 1. The number of hydrogen-bond donors (Lipinski definition) is 2. The van der Waals surface area contributed by atoms with Gasteiger partial charge >= 0.3 is 0 Å².